The van der Waals surface area contributed by atoms with E-state index in [2.05, 4.69) is 15.0 Å². The molecule has 5 nitrogen and oxygen atoms in total. The van der Waals surface area contributed by atoms with E-state index < -0.39 is 11.8 Å². The number of carbonyl (C=O) groups is 1. The van der Waals surface area contributed by atoms with Crippen molar-refractivity contribution in [3.63, 3.8) is 0 Å². The first-order valence-corrected chi connectivity index (χ1v) is 6.10. The van der Waals surface area contributed by atoms with Gasteiger partial charge in [-0.1, -0.05) is 11.3 Å². The lowest BCUT2D eigenvalue weighted by Gasteiger charge is -2.05. The number of benzene rings is 1. The van der Waals surface area contributed by atoms with Gasteiger partial charge < -0.3 is 14.8 Å². The van der Waals surface area contributed by atoms with E-state index in [-0.39, 0.29) is 5.75 Å². The van der Waals surface area contributed by atoms with Gasteiger partial charge in [0.05, 0.1) is 20.4 Å². The van der Waals surface area contributed by atoms with Crippen molar-refractivity contribution in [2.24, 2.45) is 0 Å². The Labute approximate surface area is 113 Å². The summed E-state index contributed by atoms with van der Waals surface area (Å²) >= 11 is 1.13. The van der Waals surface area contributed by atoms with E-state index in [9.17, 15) is 9.18 Å². The number of ether oxygens (including phenoxy) is 2. The molecule has 0 radical (unpaired) electrons. The predicted molar refractivity (Wildman–Crippen MR) is 69.7 cm³/mol. The Hall–Kier alpha value is -2.15. The summed E-state index contributed by atoms with van der Waals surface area (Å²) in [5, 5.41) is 3.38. The molecule has 0 fully saturated rings. The molecule has 7 heteroatoms. The number of thiazole rings is 1. The van der Waals surface area contributed by atoms with Gasteiger partial charge in [-0.3, -0.25) is 0 Å². The maximum absolute atomic E-state index is 13.5. The number of aromatic nitrogens is 1. The fraction of sp³-hybridized carbons (Fsp3) is 0.167. The van der Waals surface area contributed by atoms with Crippen molar-refractivity contribution >= 4 is 28.1 Å². The first-order chi connectivity index (χ1) is 9.13. The third kappa shape index (κ3) is 3.00. The monoisotopic (exact) mass is 282 g/mol. The summed E-state index contributed by atoms with van der Waals surface area (Å²) in [4.78, 5) is 15.6. The Morgan fingerprint density at radius 2 is 2.21 bits per heavy atom. The molecule has 0 aliphatic carbocycles. The molecule has 1 heterocycles. The van der Waals surface area contributed by atoms with Crippen LogP contribution in [0.5, 0.6) is 5.75 Å². The second kappa shape index (κ2) is 5.66. The van der Waals surface area contributed by atoms with Gasteiger partial charge in [0, 0.05) is 11.8 Å². The van der Waals surface area contributed by atoms with Gasteiger partial charge in [0.2, 0.25) is 0 Å². The van der Waals surface area contributed by atoms with Gasteiger partial charge in [-0.25, -0.2) is 14.2 Å². The van der Waals surface area contributed by atoms with Crippen LogP contribution in [0, 0.1) is 5.82 Å². The highest BCUT2D eigenvalue weighted by Gasteiger charge is 2.11. The number of halogens is 1. The van der Waals surface area contributed by atoms with Gasteiger partial charge >= 0.3 is 5.97 Å². The first-order valence-electron chi connectivity index (χ1n) is 5.28. The number of hydrogen-bond acceptors (Lipinski definition) is 6. The van der Waals surface area contributed by atoms with Crippen LogP contribution in [0.15, 0.2) is 24.4 Å². The fourth-order valence-corrected chi connectivity index (χ4v) is 2.15. The summed E-state index contributed by atoms with van der Waals surface area (Å²) in [7, 11) is 2.70. The molecule has 1 N–H and O–H groups in total. The van der Waals surface area contributed by atoms with Gasteiger partial charge in [-0.05, 0) is 12.1 Å². The van der Waals surface area contributed by atoms with Crippen molar-refractivity contribution in [3.8, 4) is 5.75 Å². The maximum Gasteiger partial charge on any atom is 0.349 e. The van der Waals surface area contributed by atoms with Gasteiger partial charge in [0.15, 0.2) is 16.7 Å². The summed E-state index contributed by atoms with van der Waals surface area (Å²) in [5.41, 5.74) is 0.518. The largest absolute Gasteiger partial charge is 0.494 e. The van der Waals surface area contributed by atoms with Crippen LogP contribution in [0.25, 0.3) is 0 Å². The maximum atomic E-state index is 13.5. The summed E-state index contributed by atoms with van der Waals surface area (Å²) in [6.07, 6.45) is 1.40. The van der Waals surface area contributed by atoms with Crippen molar-refractivity contribution in [1.82, 2.24) is 4.98 Å². The van der Waals surface area contributed by atoms with Crippen LogP contribution in [-0.4, -0.2) is 25.2 Å². The second-order valence-corrected chi connectivity index (χ2v) is 4.53. The zero-order valence-electron chi connectivity index (χ0n) is 10.3. The molecule has 0 amide bonds. The zero-order valence-corrected chi connectivity index (χ0v) is 11.1. The Morgan fingerprint density at radius 3 is 2.84 bits per heavy atom. The Morgan fingerprint density at radius 1 is 1.42 bits per heavy atom. The quantitative estimate of drug-likeness (QED) is 0.874. The van der Waals surface area contributed by atoms with Crippen LogP contribution < -0.4 is 10.1 Å². The van der Waals surface area contributed by atoms with E-state index >= 15 is 0 Å². The summed E-state index contributed by atoms with van der Waals surface area (Å²) < 4.78 is 22.9. The molecule has 0 spiro atoms. The van der Waals surface area contributed by atoms with E-state index in [1.54, 1.807) is 6.07 Å². The van der Waals surface area contributed by atoms with E-state index in [1.165, 1.54) is 32.5 Å². The predicted octanol–water partition coefficient (Wildman–Crippen LogP) is 2.82. The van der Waals surface area contributed by atoms with Gasteiger partial charge in [0.1, 0.15) is 4.88 Å². The highest BCUT2D eigenvalue weighted by atomic mass is 32.1. The number of methoxy groups -OCH3 is 2. The molecular formula is C12H11FN2O3S. The average Bonchev–Trinajstić information content (AvgIpc) is 2.86. The van der Waals surface area contributed by atoms with E-state index in [4.69, 9.17) is 4.74 Å². The third-order valence-corrected chi connectivity index (χ3v) is 3.19. The lowest BCUT2D eigenvalue weighted by molar-refractivity contribution is 0.0606. The fourth-order valence-electron chi connectivity index (χ4n) is 1.39. The van der Waals surface area contributed by atoms with E-state index in [1.807, 2.05) is 0 Å². The lowest BCUT2D eigenvalue weighted by Crippen LogP contribution is -1.96. The number of rotatable bonds is 4. The van der Waals surface area contributed by atoms with Crippen molar-refractivity contribution in [2.45, 2.75) is 0 Å². The molecule has 0 bridgehead atoms. The van der Waals surface area contributed by atoms with E-state index in [0.29, 0.717) is 15.7 Å². The number of esters is 1. The Kier molecular flexibility index (Phi) is 3.96. The molecule has 0 atom stereocenters. The average molecular weight is 282 g/mol. The van der Waals surface area contributed by atoms with Crippen LogP contribution >= 0.6 is 11.3 Å². The zero-order chi connectivity index (χ0) is 13.8. The molecule has 0 unspecified atom stereocenters. The van der Waals surface area contributed by atoms with Crippen LogP contribution in [0.3, 0.4) is 0 Å². The molecule has 0 aliphatic heterocycles. The van der Waals surface area contributed by atoms with E-state index in [0.717, 1.165) is 11.3 Å². The van der Waals surface area contributed by atoms with Gasteiger partial charge in [-0.2, -0.15) is 0 Å². The summed E-state index contributed by atoms with van der Waals surface area (Å²) in [5.74, 6) is -0.761. The Balaban J connectivity index is 2.15. The minimum Gasteiger partial charge on any atom is -0.494 e. The normalized spacial score (nSPS) is 10.1. The highest BCUT2D eigenvalue weighted by molar-refractivity contribution is 7.17. The molecule has 0 aliphatic rings. The van der Waals surface area contributed by atoms with Crippen LogP contribution in [-0.2, 0) is 4.74 Å². The topological polar surface area (TPSA) is 60.5 Å². The Bertz CT molecular complexity index is 600. The summed E-state index contributed by atoms with van der Waals surface area (Å²) in [6.45, 7) is 0. The minimum absolute atomic E-state index is 0.167. The number of anilines is 2. The van der Waals surface area contributed by atoms with Crippen LogP contribution in [0.4, 0.5) is 15.2 Å². The second-order valence-electron chi connectivity index (χ2n) is 3.50. The van der Waals surface area contributed by atoms with Crippen molar-refractivity contribution in [2.75, 3.05) is 19.5 Å². The van der Waals surface area contributed by atoms with Crippen molar-refractivity contribution in [3.05, 3.63) is 35.1 Å². The first kappa shape index (κ1) is 13.3. The number of nitrogens with one attached hydrogen (secondary N) is 1. The number of nitrogens with zero attached hydrogens (tertiary/aromatic N) is 1. The van der Waals surface area contributed by atoms with Gasteiger partial charge in [-0.15, -0.1) is 0 Å². The number of carbonyl (C=O) groups excluding carboxylic acids is 1. The molecule has 0 saturated heterocycles. The molecule has 1 aromatic heterocycles. The molecule has 1 aromatic carbocycles. The lowest BCUT2D eigenvalue weighted by atomic mass is 10.3. The number of hydrogen-bond donors (Lipinski definition) is 1. The highest BCUT2D eigenvalue weighted by Crippen LogP contribution is 2.26. The third-order valence-electron chi connectivity index (χ3n) is 2.30. The minimum atomic E-state index is -0.475. The van der Waals surface area contributed by atoms with Crippen LogP contribution in [0.2, 0.25) is 0 Å². The SMILES string of the molecule is COC(=O)c1cnc(Nc2ccc(OC)c(F)c2)s1. The molecule has 19 heavy (non-hydrogen) atoms. The standard InChI is InChI=1S/C12H11FN2O3S/c1-17-9-4-3-7(5-8(9)13)15-12-14-6-10(19-12)11(16)18-2/h3-6H,1-2H3,(H,14,15). The molecule has 2 aromatic rings. The van der Waals surface area contributed by atoms with Gasteiger partial charge in [0.25, 0.3) is 0 Å². The van der Waals surface area contributed by atoms with Crippen LogP contribution in [0.1, 0.15) is 9.67 Å². The smallest absolute Gasteiger partial charge is 0.349 e. The van der Waals surface area contributed by atoms with Crippen molar-refractivity contribution < 1.29 is 18.7 Å². The molecule has 2 rings (SSSR count). The van der Waals surface area contributed by atoms with Crippen molar-refractivity contribution in [1.29, 1.82) is 0 Å². The molecular weight excluding hydrogens is 271 g/mol. The molecule has 0 saturated carbocycles. The molecule has 100 valence electrons. The summed E-state index contributed by atoms with van der Waals surface area (Å²) in [6, 6.07) is 4.45.